The van der Waals surface area contributed by atoms with E-state index in [1.807, 2.05) is 24.3 Å². The lowest BCUT2D eigenvalue weighted by Crippen LogP contribution is -2.47. The quantitative estimate of drug-likeness (QED) is 0.249. The summed E-state index contributed by atoms with van der Waals surface area (Å²) in [6.07, 6.45) is 0.129. The van der Waals surface area contributed by atoms with Gasteiger partial charge in [-0.05, 0) is 38.3 Å². The maximum absolute atomic E-state index is 12.6. The number of hydrogen-bond donors (Lipinski definition) is 5. The number of nitrogens with two attached hydrogens (primary N) is 1. The summed E-state index contributed by atoms with van der Waals surface area (Å²) in [7, 11) is 0. The number of aliphatic imine (C=N–C) groups is 1. The molecule has 28 heavy (non-hydrogen) atoms. The molecule has 0 aliphatic carbocycles. The summed E-state index contributed by atoms with van der Waals surface area (Å²) in [4.78, 5) is 21.3. The number of aromatic nitrogens is 1. The SMILES string of the molecule is CC(N)=NCCC[C@H](NC(=O)[C@@H]1C[C@@H](O)CN1)C(O)c1nc2ccccc2s1. The lowest BCUT2D eigenvalue weighted by Gasteiger charge is -2.24. The summed E-state index contributed by atoms with van der Waals surface area (Å²) in [6.45, 7) is 2.65. The standard InChI is InChI=1S/C19H27N5O3S/c1-11(20)21-8-4-6-14(23-18(27)15-9-12(25)10-22-15)17(26)19-24-13-5-2-3-7-16(13)28-19/h2-3,5,7,12,14-15,17,22,25-26H,4,6,8-10H2,1H3,(H2,20,21)(H,23,27)/t12-,14+,15+,17?/m1/s1. The fourth-order valence-electron chi connectivity index (χ4n) is 3.26. The molecule has 1 aromatic heterocycles. The lowest BCUT2D eigenvalue weighted by atomic mass is 10.0. The number of amides is 1. The summed E-state index contributed by atoms with van der Waals surface area (Å²) < 4.78 is 0.991. The van der Waals surface area contributed by atoms with Gasteiger partial charge in [-0.2, -0.15) is 0 Å². The molecule has 0 saturated carbocycles. The fourth-order valence-corrected chi connectivity index (χ4v) is 4.28. The average molecular weight is 406 g/mol. The first-order valence-corrected chi connectivity index (χ1v) is 10.3. The first-order chi connectivity index (χ1) is 13.4. The van der Waals surface area contributed by atoms with E-state index in [0.717, 1.165) is 10.2 Å². The van der Waals surface area contributed by atoms with Crippen molar-refractivity contribution in [3.05, 3.63) is 29.3 Å². The highest BCUT2D eigenvalue weighted by Gasteiger charge is 2.32. The number of fused-ring (bicyclic) bond motifs is 1. The largest absolute Gasteiger partial charge is 0.392 e. The Morgan fingerprint density at radius 1 is 1.50 bits per heavy atom. The minimum atomic E-state index is -0.921. The Bertz CT molecular complexity index is 803. The molecule has 1 amide bonds. The van der Waals surface area contributed by atoms with Gasteiger partial charge in [0.25, 0.3) is 0 Å². The molecule has 1 aromatic carbocycles. The molecule has 3 rings (SSSR count). The van der Waals surface area contributed by atoms with E-state index in [1.54, 1.807) is 6.92 Å². The molecule has 2 aromatic rings. The zero-order chi connectivity index (χ0) is 20.1. The highest BCUT2D eigenvalue weighted by Crippen LogP contribution is 2.29. The zero-order valence-electron chi connectivity index (χ0n) is 15.8. The molecule has 0 bridgehead atoms. The van der Waals surface area contributed by atoms with Gasteiger partial charge in [-0.25, -0.2) is 4.98 Å². The molecule has 1 aliphatic heterocycles. The number of hydrogen-bond acceptors (Lipinski definition) is 7. The van der Waals surface area contributed by atoms with Gasteiger partial charge in [0.15, 0.2) is 0 Å². The third-order valence-corrected chi connectivity index (χ3v) is 5.84. The van der Waals surface area contributed by atoms with Crippen molar-refractivity contribution in [2.75, 3.05) is 13.1 Å². The van der Waals surface area contributed by atoms with Crippen LogP contribution in [-0.2, 0) is 4.79 Å². The van der Waals surface area contributed by atoms with Crippen molar-refractivity contribution in [2.24, 2.45) is 10.7 Å². The van der Waals surface area contributed by atoms with Crippen LogP contribution in [0.2, 0.25) is 0 Å². The number of nitrogens with one attached hydrogen (secondary N) is 2. The molecule has 1 aliphatic rings. The Balaban J connectivity index is 1.71. The second kappa shape index (κ2) is 9.42. The van der Waals surface area contributed by atoms with E-state index in [4.69, 9.17) is 5.73 Å². The summed E-state index contributed by atoms with van der Waals surface area (Å²) in [5.74, 6) is 0.289. The number of para-hydroxylation sites is 1. The number of β-amino-alcohol motifs (C(OH)–C–C–N with tert-alkyl or cyclic N) is 1. The van der Waals surface area contributed by atoms with Gasteiger partial charge in [-0.1, -0.05) is 12.1 Å². The third-order valence-electron chi connectivity index (χ3n) is 4.73. The van der Waals surface area contributed by atoms with E-state index in [1.165, 1.54) is 11.3 Å². The monoisotopic (exact) mass is 405 g/mol. The Labute approximate surface area is 167 Å². The second-order valence-corrected chi connectivity index (χ2v) is 8.16. The van der Waals surface area contributed by atoms with Gasteiger partial charge in [0.05, 0.1) is 34.2 Å². The van der Waals surface area contributed by atoms with Crippen LogP contribution in [0.4, 0.5) is 0 Å². The molecule has 1 fully saturated rings. The Morgan fingerprint density at radius 2 is 2.29 bits per heavy atom. The van der Waals surface area contributed by atoms with Gasteiger partial charge in [0.1, 0.15) is 11.1 Å². The van der Waals surface area contributed by atoms with E-state index in [0.29, 0.717) is 43.2 Å². The van der Waals surface area contributed by atoms with Gasteiger partial charge >= 0.3 is 0 Å². The van der Waals surface area contributed by atoms with Crippen LogP contribution in [0.5, 0.6) is 0 Å². The maximum atomic E-state index is 12.6. The van der Waals surface area contributed by atoms with Crippen LogP contribution < -0.4 is 16.4 Å². The molecule has 4 atom stereocenters. The van der Waals surface area contributed by atoms with Crippen LogP contribution in [-0.4, -0.2) is 58.2 Å². The molecule has 0 spiro atoms. The molecule has 2 heterocycles. The Hall–Kier alpha value is -2.07. The molecule has 1 saturated heterocycles. The van der Waals surface area contributed by atoms with Crippen LogP contribution in [0.1, 0.15) is 37.3 Å². The Kier molecular flexibility index (Phi) is 6.95. The van der Waals surface area contributed by atoms with E-state index in [9.17, 15) is 15.0 Å². The number of aliphatic hydroxyl groups excluding tert-OH is 2. The Morgan fingerprint density at radius 3 is 2.96 bits per heavy atom. The van der Waals surface area contributed by atoms with Gasteiger partial charge in [0.2, 0.25) is 5.91 Å². The van der Waals surface area contributed by atoms with Crippen LogP contribution in [0, 0.1) is 0 Å². The summed E-state index contributed by atoms with van der Waals surface area (Å²) in [5, 5.41) is 27.1. The highest BCUT2D eigenvalue weighted by molar-refractivity contribution is 7.18. The third kappa shape index (κ3) is 5.26. The van der Waals surface area contributed by atoms with E-state index >= 15 is 0 Å². The van der Waals surface area contributed by atoms with Gasteiger partial charge in [0, 0.05) is 13.1 Å². The molecule has 0 radical (unpaired) electrons. The van der Waals surface area contributed by atoms with Crippen LogP contribution >= 0.6 is 11.3 Å². The summed E-state index contributed by atoms with van der Waals surface area (Å²) >= 11 is 1.42. The number of thiazole rings is 1. The second-order valence-electron chi connectivity index (χ2n) is 7.10. The van der Waals surface area contributed by atoms with Crippen molar-refractivity contribution in [1.82, 2.24) is 15.6 Å². The molecule has 152 valence electrons. The van der Waals surface area contributed by atoms with Crippen molar-refractivity contribution >= 4 is 33.3 Å². The number of carbonyl (C=O) groups is 1. The van der Waals surface area contributed by atoms with E-state index in [2.05, 4.69) is 20.6 Å². The van der Waals surface area contributed by atoms with Crippen molar-refractivity contribution in [3.8, 4) is 0 Å². The minimum absolute atomic E-state index is 0.222. The average Bonchev–Trinajstić information content (AvgIpc) is 3.29. The summed E-state index contributed by atoms with van der Waals surface area (Å²) in [6, 6.07) is 6.74. The van der Waals surface area contributed by atoms with Crippen LogP contribution in [0.3, 0.4) is 0 Å². The predicted molar refractivity (Wildman–Crippen MR) is 110 cm³/mol. The minimum Gasteiger partial charge on any atom is -0.392 e. The summed E-state index contributed by atoms with van der Waals surface area (Å²) in [5.41, 5.74) is 6.40. The molecule has 1 unspecified atom stereocenters. The predicted octanol–water partition coefficient (Wildman–Crippen LogP) is 0.695. The van der Waals surface area contributed by atoms with Crippen LogP contribution in [0.25, 0.3) is 10.2 Å². The topological polar surface area (TPSA) is 133 Å². The molecule has 9 heteroatoms. The van der Waals surface area contributed by atoms with E-state index in [-0.39, 0.29) is 5.91 Å². The zero-order valence-corrected chi connectivity index (χ0v) is 16.7. The number of aliphatic hydroxyl groups is 2. The van der Waals surface area contributed by atoms with Crippen molar-refractivity contribution < 1.29 is 15.0 Å². The van der Waals surface area contributed by atoms with E-state index < -0.39 is 24.3 Å². The van der Waals surface area contributed by atoms with Crippen molar-refractivity contribution in [1.29, 1.82) is 0 Å². The smallest absolute Gasteiger partial charge is 0.237 e. The normalized spacial score (nSPS) is 22.3. The number of nitrogens with zero attached hydrogens (tertiary/aromatic N) is 2. The molecule has 6 N–H and O–H groups in total. The number of carbonyl (C=O) groups excluding carboxylic acids is 1. The highest BCUT2D eigenvalue weighted by atomic mass is 32.1. The van der Waals surface area contributed by atoms with Crippen molar-refractivity contribution in [3.63, 3.8) is 0 Å². The molecular weight excluding hydrogens is 378 g/mol. The van der Waals surface area contributed by atoms with Gasteiger partial charge in [-0.15, -0.1) is 11.3 Å². The lowest BCUT2D eigenvalue weighted by molar-refractivity contribution is -0.124. The fraction of sp³-hybridized carbons (Fsp3) is 0.526. The molecule has 8 nitrogen and oxygen atoms in total. The van der Waals surface area contributed by atoms with Gasteiger partial charge < -0.3 is 26.6 Å². The van der Waals surface area contributed by atoms with Gasteiger partial charge in [-0.3, -0.25) is 9.79 Å². The first-order valence-electron chi connectivity index (χ1n) is 9.46. The number of rotatable bonds is 8. The number of benzene rings is 1. The molecular formula is C19H27N5O3S. The number of amidine groups is 1. The maximum Gasteiger partial charge on any atom is 0.237 e. The first kappa shape index (κ1) is 20.7. The van der Waals surface area contributed by atoms with Crippen molar-refractivity contribution in [2.45, 2.75) is 50.5 Å². The van der Waals surface area contributed by atoms with Crippen LogP contribution in [0.15, 0.2) is 29.3 Å².